The van der Waals surface area contributed by atoms with Crippen LogP contribution in [0.5, 0.6) is 0 Å². The second-order valence-corrected chi connectivity index (χ2v) is 6.06. The molecule has 19 heavy (non-hydrogen) atoms. The Morgan fingerprint density at radius 3 is 2.89 bits per heavy atom. The van der Waals surface area contributed by atoms with Gasteiger partial charge in [0.25, 0.3) is 5.91 Å². The van der Waals surface area contributed by atoms with Crippen LogP contribution in [-0.2, 0) is 6.54 Å². The predicted molar refractivity (Wildman–Crippen MR) is 76.7 cm³/mol. The standard InChI is InChI=1S/C13H12BrFN2OS/c1-8-16-10(7-19-8)6-17(2)13(18)11-5-9(15)3-4-12(11)14/h3-5,7H,6H2,1-2H3. The Balaban J connectivity index is 2.16. The van der Waals surface area contributed by atoms with Crippen LogP contribution in [0, 0.1) is 12.7 Å². The minimum atomic E-state index is -0.426. The van der Waals surface area contributed by atoms with Gasteiger partial charge in [-0.2, -0.15) is 0 Å². The molecular formula is C13H12BrFN2OS. The number of carbonyl (C=O) groups is 1. The molecule has 1 amide bonds. The Kier molecular flexibility index (Phi) is 4.31. The van der Waals surface area contributed by atoms with Crippen molar-refractivity contribution in [2.75, 3.05) is 7.05 Å². The van der Waals surface area contributed by atoms with Crippen LogP contribution in [0.2, 0.25) is 0 Å². The van der Waals surface area contributed by atoms with E-state index in [1.807, 2.05) is 12.3 Å². The normalized spacial score (nSPS) is 10.5. The fourth-order valence-corrected chi connectivity index (χ4v) is 2.68. The molecule has 6 heteroatoms. The zero-order valence-electron chi connectivity index (χ0n) is 10.5. The van der Waals surface area contributed by atoms with E-state index < -0.39 is 5.82 Å². The molecule has 2 aromatic rings. The average Bonchev–Trinajstić information content (AvgIpc) is 2.77. The summed E-state index contributed by atoms with van der Waals surface area (Å²) in [7, 11) is 1.67. The maximum atomic E-state index is 13.2. The molecule has 0 aliphatic rings. The summed E-state index contributed by atoms with van der Waals surface area (Å²) in [6, 6.07) is 4.07. The summed E-state index contributed by atoms with van der Waals surface area (Å²) >= 11 is 4.80. The molecule has 0 atom stereocenters. The van der Waals surface area contributed by atoms with Crippen LogP contribution in [0.25, 0.3) is 0 Å². The summed E-state index contributed by atoms with van der Waals surface area (Å²) in [5, 5.41) is 2.88. The van der Waals surface area contributed by atoms with E-state index in [4.69, 9.17) is 0 Å². The summed E-state index contributed by atoms with van der Waals surface area (Å²) in [6.45, 7) is 2.32. The first-order valence-electron chi connectivity index (χ1n) is 5.59. The van der Waals surface area contributed by atoms with Gasteiger partial charge in [-0.3, -0.25) is 4.79 Å². The van der Waals surface area contributed by atoms with Crippen molar-refractivity contribution in [3.8, 4) is 0 Å². The Morgan fingerprint density at radius 1 is 1.53 bits per heavy atom. The van der Waals surface area contributed by atoms with Crippen LogP contribution in [0.4, 0.5) is 4.39 Å². The van der Waals surface area contributed by atoms with Crippen LogP contribution in [0.15, 0.2) is 28.1 Å². The van der Waals surface area contributed by atoms with Crippen molar-refractivity contribution in [3.63, 3.8) is 0 Å². The summed E-state index contributed by atoms with van der Waals surface area (Å²) in [6.07, 6.45) is 0. The number of aryl methyl sites for hydroxylation is 1. The molecule has 0 fully saturated rings. The lowest BCUT2D eigenvalue weighted by atomic mass is 10.2. The van der Waals surface area contributed by atoms with Gasteiger partial charge in [0.15, 0.2) is 0 Å². The van der Waals surface area contributed by atoms with Gasteiger partial charge in [-0.15, -0.1) is 11.3 Å². The lowest BCUT2D eigenvalue weighted by molar-refractivity contribution is 0.0782. The van der Waals surface area contributed by atoms with E-state index in [0.29, 0.717) is 16.6 Å². The number of halogens is 2. The Hall–Kier alpha value is -1.27. The number of rotatable bonds is 3. The Bertz CT molecular complexity index is 614. The lowest BCUT2D eigenvalue weighted by Gasteiger charge is -2.16. The van der Waals surface area contributed by atoms with Crippen molar-refractivity contribution in [1.82, 2.24) is 9.88 Å². The molecule has 0 saturated carbocycles. The Morgan fingerprint density at radius 2 is 2.26 bits per heavy atom. The third-order valence-electron chi connectivity index (χ3n) is 2.57. The van der Waals surface area contributed by atoms with Crippen molar-refractivity contribution in [2.24, 2.45) is 0 Å². The minimum absolute atomic E-state index is 0.239. The van der Waals surface area contributed by atoms with Gasteiger partial charge in [0.2, 0.25) is 0 Å². The number of hydrogen-bond donors (Lipinski definition) is 0. The molecule has 0 bridgehead atoms. The highest BCUT2D eigenvalue weighted by molar-refractivity contribution is 9.10. The fraction of sp³-hybridized carbons (Fsp3) is 0.231. The molecular weight excluding hydrogens is 331 g/mol. The number of nitrogens with zero attached hydrogens (tertiary/aromatic N) is 2. The summed E-state index contributed by atoms with van der Waals surface area (Å²) in [4.78, 5) is 18.1. The molecule has 1 aromatic heterocycles. The van der Waals surface area contributed by atoms with Gasteiger partial charge in [-0.25, -0.2) is 9.37 Å². The van der Waals surface area contributed by atoms with E-state index in [9.17, 15) is 9.18 Å². The molecule has 0 radical (unpaired) electrons. The van der Waals surface area contributed by atoms with Gasteiger partial charge < -0.3 is 4.90 Å². The molecule has 2 rings (SSSR count). The van der Waals surface area contributed by atoms with Gasteiger partial charge in [0, 0.05) is 16.9 Å². The average molecular weight is 343 g/mol. The molecule has 0 N–H and O–H groups in total. The van der Waals surface area contributed by atoms with Gasteiger partial charge in [-0.05, 0) is 41.1 Å². The molecule has 0 aliphatic carbocycles. The lowest BCUT2D eigenvalue weighted by Crippen LogP contribution is -2.26. The van der Waals surface area contributed by atoms with Crippen LogP contribution in [-0.4, -0.2) is 22.8 Å². The molecule has 100 valence electrons. The van der Waals surface area contributed by atoms with E-state index in [0.717, 1.165) is 10.7 Å². The zero-order chi connectivity index (χ0) is 14.0. The van der Waals surface area contributed by atoms with E-state index >= 15 is 0 Å². The van der Waals surface area contributed by atoms with E-state index in [1.165, 1.54) is 23.1 Å². The SMILES string of the molecule is Cc1nc(CN(C)C(=O)c2cc(F)ccc2Br)cs1. The maximum absolute atomic E-state index is 13.2. The number of aromatic nitrogens is 1. The molecule has 0 saturated heterocycles. The van der Waals surface area contributed by atoms with Gasteiger partial charge in [0.1, 0.15) is 5.82 Å². The summed E-state index contributed by atoms with van der Waals surface area (Å²) < 4.78 is 13.8. The topological polar surface area (TPSA) is 33.2 Å². The number of benzene rings is 1. The first-order valence-corrected chi connectivity index (χ1v) is 7.26. The molecule has 1 heterocycles. The molecule has 0 unspecified atom stereocenters. The maximum Gasteiger partial charge on any atom is 0.255 e. The zero-order valence-corrected chi connectivity index (χ0v) is 12.9. The monoisotopic (exact) mass is 342 g/mol. The molecule has 0 aliphatic heterocycles. The van der Waals surface area contributed by atoms with Crippen LogP contribution < -0.4 is 0 Å². The fourth-order valence-electron chi connectivity index (χ4n) is 1.66. The summed E-state index contributed by atoms with van der Waals surface area (Å²) in [5.74, 6) is -0.665. The van der Waals surface area contributed by atoms with Crippen molar-refractivity contribution in [1.29, 1.82) is 0 Å². The second kappa shape index (κ2) is 5.79. The van der Waals surface area contributed by atoms with Gasteiger partial charge in [-0.1, -0.05) is 0 Å². The van der Waals surface area contributed by atoms with Gasteiger partial charge >= 0.3 is 0 Å². The largest absolute Gasteiger partial charge is 0.336 e. The predicted octanol–water partition coefficient (Wildman–Crippen LogP) is 3.63. The van der Waals surface area contributed by atoms with Gasteiger partial charge in [0.05, 0.1) is 22.8 Å². The van der Waals surface area contributed by atoms with Crippen LogP contribution in [0.3, 0.4) is 0 Å². The summed E-state index contributed by atoms with van der Waals surface area (Å²) in [5.41, 5.74) is 1.15. The Labute approximate surface area is 123 Å². The highest BCUT2D eigenvalue weighted by Gasteiger charge is 2.16. The first kappa shape index (κ1) is 14.1. The number of thiazole rings is 1. The third kappa shape index (κ3) is 3.39. The van der Waals surface area contributed by atoms with Crippen molar-refractivity contribution in [2.45, 2.75) is 13.5 Å². The molecule has 1 aromatic carbocycles. The molecule has 3 nitrogen and oxygen atoms in total. The molecule has 0 spiro atoms. The highest BCUT2D eigenvalue weighted by Crippen LogP contribution is 2.20. The van der Waals surface area contributed by atoms with E-state index in [2.05, 4.69) is 20.9 Å². The number of amides is 1. The second-order valence-electron chi connectivity index (χ2n) is 4.14. The smallest absolute Gasteiger partial charge is 0.255 e. The van der Waals surface area contributed by atoms with Crippen molar-refractivity contribution < 1.29 is 9.18 Å². The number of hydrogen-bond acceptors (Lipinski definition) is 3. The van der Waals surface area contributed by atoms with E-state index in [1.54, 1.807) is 18.4 Å². The van der Waals surface area contributed by atoms with Crippen LogP contribution in [0.1, 0.15) is 21.1 Å². The number of carbonyl (C=O) groups excluding carboxylic acids is 1. The quantitative estimate of drug-likeness (QED) is 0.853. The van der Waals surface area contributed by atoms with Crippen molar-refractivity contribution >= 4 is 33.2 Å². The highest BCUT2D eigenvalue weighted by atomic mass is 79.9. The first-order chi connectivity index (χ1) is 8.97. The van der Waals surface area contributed by atoms with E-state index in [-0.39, 0.29) is 5.91 Å². The van der Waals surface area contributed by atoms with Crippen molar-refractivity contribution in [3.05, 3.63) is 50.1 Å². The third-order valence-corrected chi connectivity index (χ3v) is 4.09. The minimum Gasteiger partial charge on any atom is -0.336 e. The van der Waals surface area contributed by atoms with Crippen LogP contribution >= 0.6 is 27.3 Å².